The second-order valence-electron chi connectivity index (χ2n) is 3.76. The largest absolute Gasteiger partial charge is 0.378 e. The number of hydrogen-bond donors (Lipinski definition) is 0. The number of benzene rings is 1. The lowest BCUT2D eigenvalue weighted by Gasteiger charge is -2.30. The van der Waals surface area contributed by atoms with E-state index in [0.29, 0.717) is 13.2 Å². The van der Waals surface area contributed by atoms with E-state index in [2.05, 4.69) is 4.90 Å². The fraction of sp³-hybridized carbons (Fsp3) is 0.308. The molecular weight excluding hydrogens is 219 g/mol. The quantitative estimate of drug-likeness (QED) is 0.732. The van der Waals surface area contributed by atoms with Crippen LogP contribution in [-0.2, 0) is 4.74 Å². The number of allylic oxidation sites excluding steroid dienone is 1. The van der Waals surface area contributed by atoms with Gasteiger partial charge in [0, 0.05) is 19.2 Å². The van der Waals surface area contributed by atoms with Crippen molar-refractivity contribution < 1.29 is 9.13 Å². The van der Waals surface area contributed by atoms with Crippen LogP contribution in [0.3, 0.4) is 0 Å². The average Bonchev–Trinajstić information content (AvgIpc) is 2.38. The zero-order valence-corrected chi connectivity index (χ0v) is 9.40. The molecule has 2 rings (SSSR count). The first-order valence-corrected chi connectivity index (χ1v) is 5.49. The van der Waals surface area contributed by atoms with Crippen LogP contribution in [0.15, 0.2) is 30.3 Å². The monoisotopic (exact) mass is 232 g/mol. The molecule has 0 aromatic heterocycles. The average molecular weight is 232 g/mol. The summed E-state index contributed by atoms with van der Waals surface area (Å²) in [6.45, 7) is 2.82. The second-order valence-corrected chi connectivity index (χ2v) is 3.76. The molecule has 0 amide bonds. The van der Waals surface area contributed by atoms with Gasteiger partial charge in [0.25, 0.3) is 0 Å². The molecule has 1 fully saturated rings. The van der Waals surface area contributed by atoms with E-state index < -0.39 is 0 Å². The van der Waals surface area contributed by atoms with Gasteiger partial charge in [0.15, 0.2) is 0 Å². The van der Waals surface area contributed by atoms with Crippen LogP contribution in [0.2, 0.25) is 0 Å². The predicted octanol–water partition coefficient (Wildman–Crippen LogP) is 2.02. The molecule has 1 aromatic carbocycles. The van der Waals surface area contributed by atoms with Crippen LogP contribution in [0.25, 0.3) is 5.70 Å². The third-order valence-electron chi connectivity index (χ3n) is 2.69. The van der Waals surface area contributed by atoms with Crippen LogP contribution >= 0.6 is 0 Å². The van der Waals surface area contributed by atoms with Crippen molar-refractivity contribution in [2.45, 2.75) is 0 Å². The molecule has 0 radical (unpaired) electrons. The Morgan fingerprint density at radius 1 is 1.29 bits per heavy atom. The number of nitriles is 1. The van der Waals surface area contributed by atoms with Gasteiger partial charge in [0.1, 0.15) is 5.82 Å². The molecule has 1 aliphatic rings. The van der Waals surface area contributed by atoms with E-state index in [4.69, 9.17) is 10.00 Å². The number of nitrogens with zero attached hydrogens (tertiary/aromatic N) is 2. The van der Waals surface area contributed by atoms with E-state index >= 15 is 0 Å². The molecule has 0 aliphatic carbocycles. The van der Waals surface area contributed by atoms with Crippen molar-refractivity contribution in [2.24, 2.45) is 0 Å². The van der Waals surface area contributed by atoms with Crippen molar-refractivity contribution in [1.82, 2.24) is 4.90 Å². The summed E-state index contributed by atoms with van der Waals surface area (Å²) in [6, 6.07) is 8.22. The molecule has 0 spiro atoms. The molecule has 0 unspecified atom stereocenters. The zero-order chi connectivity index (χ0) is 12.1. The zero-order valence-electron chi connectivity index (χ0n) is 9.40. The summed E-state index contributed by atoms with van der Waals surface area (Å²) in [5, 5.41) is 8.82. The van der Waals surface area contributed by atoms with E-state index in [0.717, 1.165) is 24.4 Å². The summed E-state index contributed by atoms with van der Waals surface area (Å²) < 4.78 is 18.1. The molecule has 1 heterocycles. The van der Waals surface area contributed by atoms with E-state index in [-0.39, 0.29) is 5.82 Å². The fourth-order valence-electron chi connectivity index (χ4n) is 1.84. The van der Waals surface area contributed by atoms with Crippen molar-refractivity contribution in [3.63, 3.8) is 0 Å². The van der Waals surface area contributed by atoms with Gasteiger partial charge in [-0.25, -0.2) is 4.39 Å². The van der Waals surface area contributed by atoms with Crippen LogP contribution < -0.4 is 0 Å². The van der Waals surface area contributed by atoms with E-state index in [1.165, 1.54) is 18.2 Å². The molecule has 1 aliphatic heterocycles. The molecule has 0 atom stereocenters. The summed E-state index contributed by atoms with van der Waals surface area (Å²) in [5.41, 5.74) is 1.69. The highest BCUT2D eigenvalue weighted by atomic mass is 19.1. The van der Waals surface area contributed by atoms with Crippen LogP contribution in [0.5, 0.6) is 0 Å². The first-order chi connectivity index (χ1) is 8.31. The van der Waals surface area contributed by atoms with Gasteiger partial charge in [-0.05, 0) is 29.8 Å². The minimum absolute atomic E-state index is 0.271. The van der Waals surface area contributed by atoms with E-state index in [9.17, 15) is 4.39 Å². The van der Waals surface area contributed by atoms with E-state index in [1.807, 2.05) is 6.07 Å². The fourth-order valence-corrected chi connectivity index (χ4v) is 1.84. The maximum Gasteiger partial charge on any atom is 0.123 e. The van der Waals surface area contributed by atoms with Gasteiger partial charge in [-0.1, -0.05) is 0 Å². The van der Waals surface area contributed by atoms with Crippen LogP contribution in [0.4, 0.5) is 4.39 Å². The van der Waals surface area contributed by atoms with Crippen LogP contribution in [-0.4, -0.2) is 31.2 Å². The Labute approximate surface area is 99.7 Å². The SMILES string of the molecule is N#C/C=C(\c1ccc(F)cc1)N1CCOCC1. The maximum absolute atomic E-state index is 12.9. The van der Waals surface area contributed by atoms with Gasteiger partial charge in [-0.2, -0.15) is 5.26 Å². The number of rotatable bonds is 2. The molecule has 17 heavy (non-hydrogen) atoms. The number of morpholine rings is 1. The number of ether oxygens (including phenoxy) is 1. The van der Waals surface area contributed by atoms with Crippen molar-refractivity contribution in [3.05, 3.63) is 41.7 Å². The summed E-state index contributed by atoms with van der Waals surface area (Å²) in [5.74, 6) is -0.271. The first kappa shape index (κ1) is 11.6. The molecule has 4 heteroatoms. The minimum atomic E-state index is -0.271. The third kappa shape index (κ3) is 2.83. The van der Waals surface area contributed by atoms with Crippen molar-refractivity contribution in [2.75, 3.05) is 26.3 Å². The summed E-state index contributed by atoms with van der Waals surface area (Å²) in [4.78, 5) is 2.08. The Kier molecular flexibility index (Phi) is 3.73. The standard InChI is InChI=1S/C13H13FN2O/c14-12-3-1-11(2-4-12)13(5-6-15)16-7-9-17-10-8-16/h1-5H,7-10H2/b13-5+. The molecule has 0 N–H and O–H groups in total. The van der Waals surface area contributed by atoms with Gasteiger partial charge >= 0.3 is 0 Å². The summed E-state index contributed by atoms with van der Waals surface area (Å²) >= 11 is 0. The molecule has 1 saturated heterocycles. The Balaban J connectivity index is 2.26. The van der Waals surface area contributed by atoms with Gasteiger partial charge in [-0.3, -0.25) is 0 Å². The van der Waals surface area contributed by atoms with Crippen LogP contribution in [0, 0.1) is 17.1 Å². The molecule has 0 bridgehead atoms. The van der Waals surface area contributed by atoms with Crippen molar-refractivity contribution in [3.8, 4) is 6.07 Å². The Hall–Kier alpha value is -1.86. The normalized spacial score (nSPS) is 16.7. The molecule has 1 aromatic rings. The Morgan fingerprint density at radius 2 is 1.94 bits per heavy atom. The van der Waals surface area contributed by atoms with Gasteiger partial charge in [-0.15, -0.1) is 0 Å². The topological polar surface area (TPSA) is 36.3 Å². The number of halogens is 1. The van der Waals surface area contributed by atoms with Crippen molar-refractivity contribution in [1.29, 1.82) is 5.26 Å². The smallest absolute Gasteiger partial charge is 0.123 e. The van der Waals surface area contributed by atoms with E-state index in [1.54, 1.807) is 12.1 Å². The molecule has 0 saturated carbocycles. The predicted molar refractivity (Wildman–Crippen MR) is 62.4 cm³/mol. The van der Waals surface area contributed by atoms with Gasteiger partial charge < -0.3 is 9.64 Å². The highest BCUT2D eigenvalue weighted by Crippen LogP contribution is 2.20. The van der Waals surface area contributed by atoms with Gasteiger partial charge in [0.2, 0.25) is 0 Å². The number of hydrogen-bond acceptors (Lipinski definition) is 3. The Bertz CT molecular complexity index is 441. The second kappa shape index (κ2) is 5.46. The van der Waals surface area contributed by atoms with Crippen LogP contribution in [0.1, 0.15) is 5.56 Å². The molecular formula is C13H13FN2O. The highest BCUT2D eigenvalue weighted by Gasteiger charge is 2.15. The lowest BCUT2D eigenvalue weighted by molar-refractivity contribution is 0.0640. The summed E-state index contributed by atoms with van der Waals surface area (Å²) in [7, 11) is 0. The third-order valence-corrected chi connectivity index (χ3v) is 2.69. The first-order valence-electron chi connectivity index (χ1n) is 5.49. The maximum atomic E-state index is 12.9. The van der Waals surface area contributed by atoms with Gasteiger partial charge in [0.05, 0.1) is 25.0 Å². The minimum Gasteiger partial charge on any atom is -0.378 e. The molecule has 88 valence electrons. The highest BCUT2D eigenvalue weighted by molar-refractivity contribution is 5.66. The Morgan fingerprint density at radius 3 is 2.53 bits per heavy atom. The van der Waals surface area contributed by atoms with Crippen molar-refractivity contribution >= 4 is 5.70 Å². The summed E-state index contributed by atoms with van der Waals surface area (Å²) in [6.07, 6.45) is 1.50. The lowest BCUT2D eigenvalue weighted by Crippen LogP contribution is -2.34. The lowest BCUT2D eigenvalue weighted by atomic mass is 10.1. The molecule has 3 nitrogen and oxygen atoms in total.